The predicted molar refractivity (Wildman–Crippen MR) is 78.4 cm³/mol. The van der Waals surface area contributed by atoms with E-state index in [2.05, 4.69) is 15.6 Å². The molecule has 2 atom stereocenters. The molecule has 1 aliphatic rings. The lowest BCUT2D eigenvalue weighted by atomic mass is 10.0. The molecule has 0 aromatic carbocycles. The standard InChI is InChI=1S/C13H25N5O2/c1-4-18-8-10(12(19)15-3)17-13(20)11(18)6-5-7-16-9(2)14/h10-11H,4-8H2,1-3H3,(H2,14,16)(H,15,19)(H,17,20). The topological polar surface area (TPSA) is 99.8 Å². The van der Waals surface area contributed by atoms with Gasteiger partial charge in [-0.25, -0.2) is 0 Å². The monoisotopic (exact) mass is 283 g/mol. The highest BCUT2D eigenvalue weighted by Crippen LogP contribution is 2.13. The van der Waals surface area contributed by atoms with Gasteiger partial charge in [0.05, 0.1) is 11.9 Å². The Kier molecular flexibility index (Phi) is 6.44. The summed E-state index contributed by atoms with van der Waals surface area (Å²) in [5.41, 5.74) is 5.48. The third-order valence-electron chi connectivity index (χ3n) is 3.44. The van der Waals surface area contributed by atoms with Crippen molar-refractivity contribution in [2.45, 2.75) is 38.8 Å². The Hall–Kier alpha value is -1.63. The van der Waals surface area contributed by atoms with E-state index in [0.29, 0.717) is 18.9 Å². The number of likely N-dealkylation sites (N-methyl/N-ethyl adjacent to an activating group) is 2. The van der Waals surface area contributed by atoms with Crippen LogP contribution in [0.1, 0.15) is 26.7 Å². The number of hydrogen-bond acceptors (Lipinski definition) is 4. The number of nitrogens with two attached hydrogens (primary N) is 1. The molecule has 1 saturated heterocycles. The summed E-state index contributed by atoms with van der Waals surface area (Å²) in [5, 5.41) is 5.35. The van der Waals surface area contributed by atoms with E-state index < -0.39 is 6.04 Å². The number of amidine groups is 1. The maximum atomic E-state index is 12.1. The molecule has 0 saturated carbocycles. The second-order valence-electron chi connectivity index (χ2n) is 4.94. The second kappa shape index (κ2) is 7.84. The van der Waals surface area contributed by atoms with Crippen molar-refractivity contribution < 1.29 is 9.59 Å². The van der Waals surface area contributed by atoms with Gasteiger partial charge in [-0.05, 0) is 26.3 Å². The van der Waals surface area contributed by atoms with Gasteiger partial charge in [-0.3, -0.25) is 19.5 Å². The Labute approximate surface area is 120 Å². The molecule has 2 amide bonds. The lowest BCUT2D eigenvalue weighted by Gasteiger charge is -2.38. The molecular weight excluding hydrogens is 258 g/mol. The molecule has 1 rings (SSSR count). The molecule has 114 valence electrons. The third-order valence-corrected chi connectivity index (χ3v) is 3.44. The minimum absolute atomic E-state index is 0.0832. The smallest absolute Gasteiger partial charge is 0.243 e. The molecule has 1 aliphatic heterocycles. The fraction of sp³-hybridized carbons (Fsp3) is 0.769. The zero-order chi connectivity index (χ0) is 15.1. The van der Waals surface area contributed by atoms with Gasteiger partial charge in [0.1, 0.15) is 6.04 Å². The van der Waals surface area contributed by atoms with Crippen molar-refractivity contribution in [3.8, 4) is 0 Å². The van der Waals surface area contributed by atoms with Gasteiger partial charge in [0, 0.05) is 20.1 Å². The van der Waals surface area contributed by atoms with Crippen molar-refractivity contribution in [3.63, 3.8) is 0 Å². The average Bonchev–Trinajstić information content (AvgIpc) is 2.42. The lowest BCUT2D eigenvalue weighted by molar-refractivity contribution is -0.137. The molecule has 1 heterocycles. The van der Waals surface area contributed by atoms with E-state index in [1.807, 2.05) is 11.8 Å². The first-order valence-electron chi connectivity index (χ1n) is 7.02. The largest absolute Gasteiger partial charge is 0.388 e. The van der Waals surface area contributed by atoms with Crippen LogP contribution in [0, 0.1) is 0 Å². The van der Waals surface area contributed by atoms with Gasteiger partial charge in [-0.15, -0.1) is 0 Å². The van der Waals surface area contributed by atoms with E-state index in [0.717, 1.165) is 19.4 Å². The Morgan fingerprint density at radius 2 is 2.30 bits per heavy atom. The Bertz CT molecular complexity index is 379. The number of hydrogen-bond donors (Lipinski definition) is 3. The van der Waals surface area contributed by atoms with Crippen LogP contribution in [-0.4, -0.2) is 61.3 Å². The van der Waals surface area contributed by atoms with Crippen LogP contribution in [0.5, 0.6) is 0 Å². The summed E-state index contributed by atoms with van der Waals surface area (Å²) < 4.78 is 0. The SMILES string of the molecule is CCN1CC(C(=O)NC)NC(=O)C1CCCN=C(C)N. The van der Waals surface area contributed by atoms with Gasteiger partial charge in [-0.1, -0.05) is 6.92 Å². The molecule has 7 heteroatoms. The normalized spacial score (nSPS) is 24.4. The van der Waals surface area contributed by atoms with Crippen LogP contribution in [0.2, 0.25) is 0 Å². The number of carbonyl (C=O) groups excluding carboxylic acids is 2. The third kappa shape index (κ3) is 4.48. The molecule has 0 spiro atoms. The molecule has 0 aromatic rings. The summed E-state index contributed by atoms with van der Waals surface area (Å²) in [6.07, 6.45) is 1.52. The second-order valence-corrected chi connectivity index (χ2v) is 4.94. The summed E-state index contributed by atoms with van der Waals surface area (Å²) in [6.45, 7) is 5.66. The van der Waals surface area contributed by atoms with Crippen LogP contribution in [0.4, 0.5) is 0 Å². The lowest BCUT2D eigenvalue weighted by Crippen LogP contribution is -2.63. The van der Waals surface area contributed by atoms with Crippen molar-refractivity contribution in [1.82, 2.24) is 15.5 Å². The maximum absolute atomic E-state index is 12.1. The molecule has 0 aliphatic carbocycles. The fourth-order valence-corrected chi connectivity index (χ4v) is 2.37. The molecule has 0 bridgehead atoms. The van der Waals surface area contributed by atoms with Crippen LogP contribution >= 0.6 is 0 Å². The molecule has 0 radical (unpaired) electrons. The zero-order valence-electron chi connectivity index (χ0n) is 12.5. The fourth-order valence-electron chi connectivity index (χ4n) is 2.37. The summed E-state index contributed by atoms with van der Waals surface area (Å²) in [4.78, 5) is 29.9. The number of amides is 2. The molecule has 7 nitrogen and oxygen atoms in total. The van der Waals surface area contributed by atoms with Gasteiger partial charge in [-0.2, -0.15) is 0 Å². The zero-order valence-corrected chi connectivity index (χ0v) is 12.5. The van der Waals surface area contributed by atoms with Crippen LogP contribution in [0.3, 0.4) is 0 Å². The van der Waals surface area contributed by atoms with Crippen molar-refractivity contribution in [2.75, 3.05) is 26.7 Å². The molecule has 0 aromatic heterocycles. The van der Waals surface area contributed by atoms with Crippen molar-refractivity contribution in [3.05, 3.63) is 0 Å². The van der Waals surface area contributed by atoms with E-state index in [1.165, 1.54) is 0 Å². The molecule has 4 N–H and O–H groups in total. The Balaban J connectivity index is 2.56. The van der Waals surface area contributed by atoms with E-state index in [9.17, 15) is 9.59 Å². The predicted octanol–water partition coefficient (Wildman–Crippen LogP) is -0.921. The molecule has 1 fully saturated rings. The van der Waals surface area contributed by atoms with Crippen LogP contribution in [0.15, 0.2) is 4.99 Å². The Morgan fingerprint density at radius 3 is 2.85 bits per heavy atom. The first-order chi connectivity index (χ1) is 9.49. The minimum atomic E-state index is -0.465. The van der Waals surface area contributed by atoms with Crippen LogP contribution in [-0.2, 0) is 9.59 Å². The van der Waals surface area contributed by atoms with Gasteiger partial charge in [0.25, 0.3) is 0 Å². The number of piperazine rings is 1. The van der Waals surface area contributed by atoms with Gasteiger partial charge >= 0.3 is 0 Å². The van der Waals surface area contributed by atoms with Gasteiger partial charge in [0.15, 0.2) is 0 Å². The quantitative estimate of drug-likeness (QED) is 0.333. The number of nitrogens with one attached hydrogen (secondary N) is 2. The first-order valence-corrected chi connectivity index (χ1v) is 7.02. The highest BCUT2D eigenvalue weighted by molar-refractivity contribution is 5.91. The summed E-state index contributed by atoms with van der Waals surface area (Å²) in [6, 6.07) is -0.651. The first kappa shape index (κ1) is 16.4. The van der Waals surface area contributed by atoms with Gasteiger partial charge < -0.3 is 16.4 Å². The number of nitrogens with zero attached hydrogens (tertiary/aromatic N) is 2. The average molecular weight is 283 g/mol. The molecule has 2 unspecified atom stereocenters. The van der Waals surface area contributed by atoms with Crippen LogP contribution < -0.4 is 16.4 Å². The van der Waals surface area contributed by atoms with Gasteiger partial charge in [0.2, 0.25) is 11.8 Å². The van der Waals surface area contributed by atoms with Crippen molar-refractivity contribution in [1.29, 1.82) is 0 Å². The molecular formula is C13H25N5O2. The van der Waals surface area contributed by atoms with E-state index >= 15 is 0 Å². The summed E-state index contributed by atoms with van der Waals surface area (Å²) in [5.74, 6) is 0.323. The van der Waals surface area contributed by atoms with E-state index in [-0.39, 0.29) is 17.9 Å². The Morgan fingerprint density at radius 1 is 1.60 bits per heavy atom. The summed E-state index contributed by atoms with van der Waals surface area (Å²) >= 11 is 0. The number of aliphatic imine (C=N–C) groups is 1. The van der Waals surface area contributed by atoms with Crippen LogP contribution in [0.25, 0.3) is 0 Å². The highest BCUT2D eigenvalue weighted by Gasteiger charge is 2.35. The van der Waals surface area contributed by atoms with Crippen molar-refractivity contribution in [2.24, 2.45) is 10.7 Å². The van der Waals surface area contributed by atoms with E-state index in [4.69, 9.17) is 5.73 Å². The molecule has 20 heavy (non-hydrogen) atoms. The highest BCUT2D eigenvalue weighted by atomic mass is 16.2. The number of rotatable bonds is 6. The number of carbonyl (C=O) groups is 2. The minimum Gasteiger partial charge on any atom is -0.388 e. The maximum Gasteiger partial charge on any atom is 0.243 e. The van der Waals surface area contributed by atoms with Crippen molar-refractivity contribution >= 4 is 17.6 Å². The summed E-state index contributed by atoms with van der Waals surface area (Å²) in [7, 11) is 1.57. The van der Waals surface area contributed by atoms with E-state index in [1.54, 1.807) is 14.0 Å².